The van der Waals surface area contributed by atoms with E-state index in [-0.39, 0.29) is 31.0 Å². The Bertz CT molecular complexity index is 327. The summed E-state index contributed by atoms with van der Waals surface area (Å²) < 4.78 is 38.1. The van der Waals surface area contributed by atoms with Gasteiger partial charge in [-0.05, 0) is 32.1 Å². The largest absolute Gasteiger partial charge is 0.391 e. The van der Waals surface area contributed by atoms with Crippen LogP contribution in [0.3, 0.4) is 0 Å². The first-order valence-electron chi connectivity index (χ1n) is 7.59. The van der Waals surface area contributed by atoms with Gasteiger partial charge in [-0.15, -0.1) is 0 Å². The van der Waals surface area contributed by atoms with Crippen molar-refractivity contribution in [1.82, 2.24) is 10.6 Å². The van der Waals surface area contributed by atoms with Crippen LogP contribution in [-0.4, -0.2) is 24.3 Å². The van der Waals surface area contributed by atoms with Gasteiger partial charge in [0.1, 0.15) is 0 Å². The van der Waals surface area contributed by atoms with Crippen LogP contribution in [0.4, 0.5) is 18.0 Å². The monoisotopic (exact) mass is 292 g/mol. The molecule has 2 fully saturated rings. The summed E-state index contributed by atoms with van der Waals surface area (Å²) in [5.41, 5.74) is 0. The van der Waals surface area contributed by atoms with Crippen LogP contribution in [0.2, 0.25) is 0 Å². The maximum absolute atomic E-state index is 12.7. The molecule has 0 saturated heterocycles. The van der Waals surface area contributed by atoms with Crippen molar-refractivity contribution >= 4 is 6.03 Å². The van der Waals surface area contributed by atoms with Crippen LogP contribution >= 0.6 is 0 Å². The minimum absolute atomic E-state index is 0.0155. The first-order chi connectivity index (χ1) is 9.45. The number of urea groups is 1. The van der Waals surface area contributed by atoms with E-state index in [1.54, 1.807) is 0 Å². The molecule has 3 nitrogen and oxygen atoms in total. The van der Waals surface area contributed by atoms with Crippen LogP contribution in [0.15, 0.2) is 0 Å². The third-order valence-corrected chi connectivity index (χ3v) is 4.41. The Hall–Kier alpha value is -0.940. The summed E-state index contributed by atoms with van der Waals surface area (Å²) in [4.78, 5) is 11.8. The van der Waals surface area contributed by atoms with E-state index in [2.05, 4.69) is 10.6 Å². The van der Waals surface area contributed by atoms with Crippen LogP contribution in [0.1, 0.15) is 57.8 Å². The van der Waals surface area contributed by atoms with E-state index in [0.717, 1.165) is 25.7 Å². The highest BCUT2D eigenvalue weighted by Gasteiger charge is 2.42. The van der Waals surface area contributed by atoms with Gasteiger partial charge in [0.15, 0.2) is 0 Å². The van der Waals surface area contributed by atoms with Crippen LogP contribution < -0.4 is 10.6 Å². The average molecular weight is 292 g/mol. The lowest BCUT2D eigenvalue weighted by atomic mass is 9.85. The predicted octanol–water partition coefficient (Wildman–Crippen LogP) is 3.74. The molecule has 0 aromatic rings. The number of amides is 2. The number of carbonyl (C=O) groups excluding carboxylic acids is 1. The minimum atomic E-state index is -4.14. The Kier molecular flexibility index (Phi) is 5.16. The lowest BCUT2D eigenvalue weighted by Crippen LogP contribution is -2.49. The molecule has 20 heavy (non-hydrogen) atoms. The van der Waals surface area contributed by atoms with Crippen LogP contribution in [0, 0.1) is 5.92 Å². The molecule has 0 aromatic heterocycles. The molecule has 0 heterocycles. The number of hydrogen-bond donors (Lipinski definition) is 2. The first kappa shape index (κ1) is 15.4. The molecule has 0 aromatic carbocycles. The molecule has 0 bridgehead atoms. The third kappa shape index (κ3) is 4.56. The van der Waals surface area contributed by atoms with Crippen molar-refractivity contribution in [3.8, 4) is 0 Å². The standard InChI is InChI=1S/C14H23F3N2O/c15-14(16,17)10-5-4-8-12(9-10)19-13(20)18-11-6-2-1-3-7-11/h10-12H,1-9H2,(H2,18,19,20)/t10-,12+/m0/s1. The Morgan fingerprint density at radius 2 is 1.45 bits per heavy atom. The molecule has 0 radical (unpaired) electrons. The zero-order chi connectivity index (χ0) is 14.6. The van der Waals surface area contributed by atoms with Gasteiger partial charge in [-0.1, -0.05) is 25.7 Å². The Labute approximate surface area is 117 Å². The van der Waals surface area contributed by atoms with Crippen molar-refractivity contribution in [2.75, 3.05) is 0 Å². The summed E-state index contributed by atoms with van der Waals surface area (Å²) in [6.45, 7) is 0. The van der Waals surface area contributed by atoms with Crippen molar-refractivity contribution in [2.24, 2.45) is 5.92 Å². The molecular weight excluding hydrogens is 269 g/mol. The number of alkyl halides is 3. The number of hydrogen-bond acceptors (Lipinski definition) is 1. The summed E-state index contributed by atoms with van der Waals surface area (Å²) in [6.07, 6.45) is 2.62. The van der Waals surface area contributed by atoms with Crippen LogP contribution in [0.5, 0.6) is 0 Å². The molecule has 2 saturated carbocycles. The van der Waals surface area contributed by atoms with Gasteiger partial charge in [-0.2, -0.15) is 13.2 Å². The smallest absolute Gasteiger partial charge is 0.335 e. The first-order valence-corrected chi connectivity index (χ1v) is 7.59. The zero-order valence-electron chi connectivity index (χ0n) is 11.6. The Morgan fingerprint density at radius 1 is 0.850 bits per heavy atom. The predicted molar refractivity (Wildman–Crippen MR) is 70.3 cm³/mol. The third-order valence-electron chi connectivity index (χ3n) is 4.41. The molecule has 2 N–H and O–H groups in total. The van der Waals surface area contributed by atoms with Gasteiger partial charge in [0.05, 0.1) is 5.92 Å². The van der Waals surface area contributed by atoms with E-state index in [4.69, 9.17) is 0 Å². The highest BCUT2D eigenvalue weighted by Crippen LogP contribution is 2.37. The SMILES string of the molecule is O=C(NC1CCCCC1)N[C@@H]1CCC[C@H](C(F)(F)F)C1. The molecular formula is C14H23F3N2O. The lowest BCUT2D eigenvalue weighted by molar-refractivity contribution is -0.183. The second kappa shape index (κ2) is 6.68. The van der Waals surface area contributed by atoms with Crippen molar-refractivity contribution in [2.45, 2.75) is 76.0 Å². The molecule has 6 heteroatoms. The van der Waals surface area contributed by atoms with Crippen LogP contribution in [-0.2, 0) is 0 Å². The molecule has 2 aliphatic carbocycles. The second-order valence-electron chi connectivity index (χ2n) is 6.05. The van der Waals surface area contributed by atoms with Gasteiger partial charge >= 0.3 is 12.2 Å². The molecule has 0 unspecified atom stereocenters. The van der Waals surface area contributed by atoms with E-state index in [1.807, 2.05) is 0 Å². The summed E-state index contributed by atoms with van der Waals surface area (Å²) in [6, 6.07) is -0.463. The van der Waals surface area contributed by atoms with Crippen molar-refractivity contribution < 1.29 is 18.0 Å². The van der Waals surface area contributed by atoms with Gasteiger partial charge in [-0.25, -0.2) is 4.79 Å². The van der Waals surface area contributed by atoms with E-state index >= 15 is 0 Å². The fraction of sp³-hybridized carbons (Fsp3) is 0.929. The van der Waals surface area contributed by atoms with Gasteiger partial charge < -0.3 is 10.6 Å². The summed E-state index contributed by atoms with van der Waals surface area (Å²) in [5.74, 6) is -1.27. The second-order valence-corrected chi connectivity index (χ2v) is 6.05. The van der Waals surface area contributed by atoms with E-state index in [1.165, 1.54) is 6.42 Å². The topological polar surface area (TPSA) is 41.1 Å². The number of nitrogens with one attached hydrogen (secondary N) is 2. The van der Waals surface area contributed by atoms with Crippen molar-refractivity contribution in [1.29, 1.82) is 0 Å². The maximum atomic E-state index is 12.7. The van der Waals surface area contributed by atoms with Crippen molar-refractivity contribution in [3.05, 3.63) is 0 Å². The van der Waals surface area contributed by atoms with E-state index < -0.39 is 12.1 Å². The fourth-order valence-corrected chi connectivity index (χ4v) is 3.28. The molecule has 2 aliphatic rings. The van der Waals surface area contributed by atoms with Crippen molar-refractivity contribution in [3.63, 3.8) is 0 Å². The van der Waals surface area contributed by atoms with Gasteiger partial charge in [-0.3, -0.25) is 0 Å². The Balaban J connectivity index is 1.75. The molecule has 0 spiro atoms. The van der Waals surface area contributed by atoms with Gasteiger partial charge in [0.25, 0.3) is 0 Å². The highest BCUT2D eigenvalue weighted by molar-refractivity contribution is 5.74. The number of rotatable bonds is 2. The van der Waals surface area contributed by atoms with Gasteiger partial charge in [0.2, 0.25) is 0 Å². The average Bonchev–Trinajstić information content (AvgIpc) is 2.39. The molecule has 116 valence electrons. The van der Waals surface area contributed by atoms with E-state index in [9.17, 15) is 18.0 Å². The summed E-state index contributed by atoms with van der Waals surface area (Å²) in [7, 11) is 0. The van der Waals surface area contributed by atoms with Crippen LogP contribution in [0.25, 0.3) is 0 Å². The maximum Gasteiger partial charge on any atom is 0.391 e. The lowest BCUT2D eigenvalue weighted by Gasteiger charge is -2.31. The van der Waals surface area contributed by atoms with E-state index in [0.29, 0.717) is 12.8 Å². The number of halogens is 3. The molecule has 2 amide bonds. The molecule has 0 aliphatic heterocycles. The van der Waals surface area contributed by atoms with Gasteiger partial charge in [0, 0.05) is 12.1 Å². The molecule has 2 rings (SSSR count). The number of carbonyl (C=O) groups is 1. The summed E-state index contributed by atoms with van der Waals surface area (Å²) in [5, 5.41) is 5.61. The molecule has 2 atom stereocenters. The minimum Gasteiger partial charge on any atom is -0.335 e. The normalized spacial score (nSPS) is 28.9. The zero-order valence-corrected chi connectivity index (χ0v) is 11.6. The Morgan fingerprint density at radius 3 is 2.10 bits per heavy atom. The quantitative estimate of drug-likeness (QED) is 0.800. The fourth-order valence-electron chi connectivity index (χ4n) is 3.28. The highest BCUT2D eigenvalue weighted by atomic mass is 19.4. The summed E-state index contributed by atoms with van der Waals surface area (Å²) >= 11 is 0.